The molecule has 6 heterocycles. The summed E-state index contributed by atoms with van der Waals surface area (Å²) >= 11 is 0. The number of fused-ring (bicyclic) bond motifs is 6. The molecule has 2 aromatic heterocycles. The first-order chi connectivity index (χ1) is 52.0. The van der Waals surface area contributed by atoms with Gasteiger partial charge < -0.3 is 38.2 Å². The van der Waals surface area contributed by atoms with Crippen LogP contribution in [0.2, 0.25) is 0 Å². The number of nitrogens with zero attached hydrogens (tertiary/aromatic N) is 4. The quantitative estimate of drug-likeness (QED) is 0.0613. The number of allylic oxidation sites excluding steroid dienone is 4. The van der Waals surface area contributed by atoms with Crippen LogP contribution in [-0.4, -0.2) is 156 Å². The molecule has 14 atom stereocenters. The van der Waals surface area contributed by atoms with E-state index in [4.69, 9.17) is 28.4 Å². The molecule has 4 aliphatic carbocycles. The maximum Gasteiger partial charge on any atom is 0.307 e. The zero-order valence-electron chi connectivity index (χ0n) is 66.1. The molecule has 4 aliphatic heterocycles. The van der Waals surface area contributed by atoms with E-state index in [2.05, 4.69) is 33.3 Å². The lowest BCUT2D eigenvalue weighted by Gasteiger charge is -2.32. The lowest BCUT2D eigenvalue weighted by molar-refractivity contribution is -0.160. The van der Waals surface area contributed by atoms with Crippen molar-refractivity contribution in [2.24, 2.45) is 58.2 Å². The van der Waals surface area contributed by atoms with Crippen LogP contribution in [0, 0.1) is 58.2 Å². The molecule has 0 unspecified atom stereocenters. The highest BCUT2D eigenvalue weighted by Gasteiger charge is 2.63. The van der Waals surface area contributed by atoms with Crippen molar-refractivity contribution in [1.82, 2.24) is 29.2 Å². The summed E-state index contributed by atoms with van der Waals surface area (Å²) in [5, 5.41) is 2.03. The molecule has 8 aliphatic rings. The van der Waals surface area contributed by atoms with Crippen LogP contribution in [0.3, 0.4) is 0 Å². The molecule has 6 fully saturated rings. The van der Waals surface area contributed by atoms with Crippen LogP contribution < -0.4 is 28.4 Å². The largest absolute Gasteiger partial charge is 0.494 e. The van der Waals surface area contributed by atoms with E-state index in [9.17, 15) is 55.2 Å². The minimum atomic E-state index is -3.85. The summed E-state index contributed by atoms with van der Waals surface area (Å²) < 4.78 is 92.3. The predicted molar refractivity (Wildman–Crippen MR) is 415 cm³/mol. The van der Waals surface area contributed by atoms with E-state index in [0.717, 1.165) is 71.6 Å². The third-order valence-electron chi connectivity index (χ3n) is 22.8. The lowest BCUT2D eigenvalue weighted by Crippen LogP contribution is -2.47. The van der Waals surface area contributed by atoms with Gasteiger partial charge in [0.15, 0.2) is 11.6 Å². The minimum Gasteiger partial charge on any atom is -0.494 e. The van der Waals surface area contributed by atoms with E-state index in [1.165, 1.54) is 9.80 Å². The molecule has 0 radical (unpaired) electrons. The van der Waals surface area contributed by atoms with Crippen molar-refractivity contribution in [3.05, 3.63) is 85.2 Å². The molecule has 2 saturated heterocycles. The number of sulfonamides is 2. The van der Waals surface area contributed by atoms with Gasteiger partial charge in [0.1, 0.15) is 34.9 Å². The lowest BCUT2D eigenvalue weighted by atomic mass is 9.82. The molecule has 4 amide bonds. The molecular weight excluding hydrogens is 1450 g/mol. The highest BCUT2D eigenvalue weighted by atomic mass is 32.2. The molecule has 110 heavy (non-hydrogen) atoms. The van der Waals surface area contributed by atoms with E-state index in [-0.39, 0.29) is 111 Å². The SMILES string of the molecule is CCCOc1ccc2c(O[C@@H]3C[C@H]4C(=O)C[C@]5(C(=O)NS(=O)(=O)C6CC6)C[C@H]5/C=C\CC[C@@H](C)C[C@@H](C)[C@H](CC(=O)OC(C)(C)C)C(=O)N4C3)nccc2c1.CCCOc1ccc2c(O[C@@H]3C[C@H]4C(=O)C[C@]5(C(=O)NS(=O)(=O)C6CC6)C[C@H]5/C=C\CC[C@H](C)C[C@@H](C)[C@H](CC(=O)OC(C)(C)C)C(=O)N4C3)nccc2c1. The fraction of sp³-hybridized carbons (Fsp3) is 0.643. The number of esters is 2. The summed E-state index contributed by atoms with van der Waals surface area (Å²) in [6.07, 6.45) is 18.4. The van der Waals surface area contributed by atoms with Crippen molar-refractivity contribution in [2.45, 2.75) is 257 Å². The maximum absolute atomic E-state index is 14.8. The Kier molecular flexibility index (Phi) is 25.7. The van der Waals surface area contributed by atoms with Gasteiger partial charge >= 0.3 is 11.9 Å². The number of ether oxygens (including phenoxy) is 6. The second-order valence-electron chi connectivity index (χ2n) is 34.7. The number of aromatic nitrogens is 2. The number of pyridine rings is 2. The fourth-order valence-electron chi connectivity index (χ4n) is 16.5. The summed E-state index contributed by atoms with van der Waals surface area (Å²) in [6, 6.07) is 13.1. The van der Waals surface area contributed by atoms with Crippen molar-refractivity contribution in [1.29, 1.82) is 0 Å². The van der Waals surface area contributed by atoms with Crippen molar-refractivity contribution < 1.29 is 83.6 Å². The number of ketones is 2. The van der Waals surface area contributed by atoms with Gasteiger partial charge in [-0.05, 0) is 226 Å². The summed E-state index contributed by atoms with van der Waals surface area (Å²) in [5.74, 6) is -3.64. The number of amides is 4. The van der Waals surface area contributed by atoms with Crippen molar-refractivity contribution in [2.75, 3.05) is 26.3 Å². The van der Waals surface area contributed by atoms with E-state index >= 15 is 0 Å². The number of nitrogens with one attached hydrogen (secondary N) is 2. The zero-order chi connectivity index (χ0) is 79.4. The van der Waals surface area contributed by atoms with Gasteiger partial charge in [0.2, 0.25) is 55.4 Å². The third-order valence-corrected chi connectivity index (χ3v) is 26.5. The van der Waals surface area contributed by atoms with Crippen LogP contribution in [0.1, 0.15) is 212 Å². The minimum absolute atomic E-state index is 0.0662. The van der Waals surface area contributed by atoms with E-state index < -0.39 is 112 Å². The van der Waals surface area contributed by atoms with Gasteiger partial charge in [-0.25, -0.2) is 26.8 Å². The predicted octanol–water partition coefficient (Wildman–Crippen LogP) is 12.6. The summed E-state index contributed by atoms with van der Waals surface area (Å²) in [6.45, 7) is 24.3. The monoisotopic (exact) mass is 1560 g/mol. The van der Waals surface area contributed by atoms with Gasteiger partial charge in [-0.3, -0.25) is 47.8 Å². The standard InChI is InChI=1S/2C42H57N3O9S/c2*1-7-18-52-30-12-15-33-28(20-30)16-17-43-38(33)53-31-21-35-36(46)24-42(40(49)44-55(50,51)32-13-14-32)23-29(42)11-9-8-10-26(2)19-27(3)34(39(48)45(35)25-31)22-37(47)54-41(4,5)6/h2*9,11-12,15-17,20,26-27,29,31-32,34-35H,7-8,10,13-14,18-19,21-25H2,1-6H3,(H,44,49)/b2*11-9-/t26-,27+,29+,31+,34-,35-,42+;26-,27-,29-,31-,34+,35+,42-/m01/s1. The summed E-state index contributed by atoms with van der Waals surface area (Å²) in [7, 11) is -7.70. The van der Waals surface area contributed by atoms with Crippen LogP contribution in [0.4, 0.5) is 0 Å². The van der Waals surface area contributed by atoms with Gasteiger partial charge in [0.05, 0.1) is 84.4 Å². The Balaban J connectivity index is 0.000000218. The van der Waals surface area contributed by atoms with Crippen LogP contribution in [-0.2, 0) is 67.9 Å². The molecule has 2 N–H and O–H groups in total. The smallest absolute Gasteiger partial charge is 0.307 e. The maximum atomic E-state index is 14.8. The molecule has 600 valence electrons. The first-order valence-corrected chi connectivity index (χ1v) is 43.0. The average Bonchev–Trinajstić information content (AvgIpc) is 1.57. The Hall–Kier alpha value is -8.00. The number of Topliss-reactive ketones (excluding diaryl/α,β-unsaturated/α-hetero) is 2. The Morgan fingerprint density at radius 1 is 0.536 bits per heavy atom. The van der Waals surface area contributed by atoms with Gasteiger partial charge in [-0.15, -0.1) is 0 Å². The van der Waals surface area contributed by atoms with Crippen LogP contribution in [0.25, 0.3) is 21.5 Å². The highest BCUT2D eigenvalue weighted by molar-refractivity contribution is 7.91. The normalized spacial score (nSPS) is 29.7. The number of hydrogen-bond acceptors (Lipinski definition) is 20. The van der Waals surface area contributed by atoms with Gasteiger partial charge in [0, 0.05) is 48.8 Å². The van der Waals surface area contributed by atoms with Gasteiger partial charge in [-0.1, -0.05) is 65.8 Å². The number of carbonyl (C=O) groups excluding carboxylic acids is 8. The average molecular weight is 1560 g/mol. The molecule has 0 bridgehead atoms. The fourth-order valence-corrected chi connectivity index (χ4v) is 19.2. The Labute approximate surface area is 648 Å². The Bertz CT molecular complexity index is 4110. The van der Waals surface area contributed by atoms with Crippen molar-refractivity contribution in [3.63, 3.8) is 0 Å². The zero-order valence-corrected chi connectivity index (χ0v) is 67.7. The number of hydrogen-bond donors (Lipinski definition) is 2. The number of rotatable bonds is 20. The van der Waals surface area contributed by atoms with E-state index in [1.807, 2.05) is 101 Å². The van der Waals surface area contributed by atoms with E-state index in [1.54, 1.807) is 53.9 Å². The molecule has 2 aromatic carbocycles. The topological polar surface area (TPSA) is 317 Å². The highest BCUT2D eigenvalue weighted by Crippen LogP contribution is 2.59. The molecule has 26 heteroatoms. The molecule has 4 aromatic rings. The third kappa shape index (κ3) is 20.6. The molecule has 12 rings (SSSR count). The Morgan fingerprint density at radius 3 is 1.27 bits per heavy atom. The van der Waals surface area contributed by atoms with Crippen molar-refractivity contribution in [3.8, 4) is 23.3 Å². The molecule has 0 spiro atoms. The summed E-state index contributed by atoms with van der Waals surface area (Å²) in [4.78, 5) is 125. The number of carbonyl (C=O) groups is 8. The van der Waals surface area contributed by atoms with Crippen LogP contribution in [0.15, 0.2) is 85.2 Å². The second kappa shape index (κ2) is 34.1. The first-order valence-electron chi connectivity index (χ1n) is 39.9. The van der Waals surface area contributed by atoms with Crippen molar-refractivity contribution >= 4 is 88.7 Å². The second-order valence-corrected chi connectivity index (χ2v) is 38.6. The van der Waals surface area contributed by atoms with Gasteiger partial charge in [-0.2, -0.15) is 0 Å². The van der Waals surface area contributed by atoms with Crippen LogP contribution in [0.5, 0.6) is 23.3 Å². The first kappa shape index (κ1) is 82.9. The number of benzene rings is 2. The van der Waals surface area contributed by atoms with Crippen LogP contribution >= 0.6 is 0 Å². The molecular formula is C84H114N6O18S2. The molecule has 24 nitrogen and oxygen atoms in total. The van der Waals surface area contributed by atoms with Gasteiger partial charge in [0.25, 0.3) is 0 Å². The Morgan fingerprint density at radius 2 is 0.918 bits per heavy atom. The summed E-state index contributed by atoms with van der Waals surface area (Å²) in [5.41, 5.74) is -3.98. The van der Waals surface area contributed by atoms with E-state index in [0.29, 0.717) is 76.3 Å². The molecule has 4 saturated carbocycles.